The lowest BCUT2D eigenvalue weighted by molar-refractivity contribution is 0.0955. The molecule has 128 valence electrons. The second-order valence-electron chi connectivity index (χ2n) is 6.58. The fourth-order valence-corrected chi connectivity index (χ4v) is 3.68. The maximum Gasteiger partial charge on any atom is 0.271 e. The number of hydrogen-bond donors (Lipinski definition) is 1. The molecule has 5 aromatic carbocycles. The molecular formula is C24H16N2O. The van der Waals surface area contributed by atoms with E-state index in [1.807, 2.05) is 24.3 Å². The summed E-state index contributed by atoms with van der Waals surface area (Å²) in [7, 11) is 0. The number of carbonyl (C=O) groups excluding carboxylic acids is 1. The second-order valence-corrected chi connectivity index (χ2v) is 6.58. The fraction of sp³-hybridized carbons (Fsp3) is 0. The average Bonchev–Trinajstić information content (AvgIpc) is 2.73. The normalized spacial score (nSPS) is 11.7. The van der Waals surface area contributed by atoms with Crippen molar-refractivity contribution in [3.05, 3.63) is 96.1 Å². The smallest absolute Gasteiger partial charge is 0.267 e. The van der Waals surface area contributed by atoms with E-state index in [4.69, 9.17) is 0 Å². The van der Waals surface area contributed by atoms with Crippen LogP contribution in [0.2, 0.25) is 0 Å². The van der Waals surface area contributed by atoms with Crippen LogP contribution < -0.4 is 5.43 Å². The molecule has 0 saturated heterocycles. The van der Waals surface area contributed by atoms with Gasteiger partial charge in [0.2, 0.25) is 0 Å². The Morgan fingerprint density at radius 2 is 1.37 bits per heavy atom. The zero-order valence-electron chi connectivity index (χ0n) is 14.5. The van der Waals surface area contributed by atoms with Gasteiger partial charge in [-0.15, -0.1) is 0 Å². The van der Waals surface area contributed by atoms with E-state index in [1.165, 1.54) is 26.9 Å². The highest BCUT2D eigenvalue weighted by atomic mass is 16.2. The van der Waals surface area contributed by atoms with Gasteiger partial charge in [-0.1, -0.05) is 72.8 Å². The van der Waals surface area contributed by atoms with Crippen molar-refractivity contribution >= 4 is 44.4 Å². The van der Waals surface area contributed by atoms with Crippen LogP contribution in [-0.2, 0) is 0 Å². The first-order valence-corrected chi connectivity index (χ1v) is 8.86. The number of amides is 1. The Kier molecular flexibility index (Phi) is 3.58. The predicted octanol–water partition coefficient (Wildman–Crippen LogP) is 5.35. The summed E-state index contributed by atoms with van der Waals surface area (Å²) in [6, 6.07) is 28.2. The first-order valence-electron chi connectivity index (χ1n) is 8.86. The molecule has 0 unspecified atom stereocenters. The Labute approximate surface area is 156 Å². The van der Waals surface area contributed by atoms with E-state index in [0.29, 0.717) is 5.56 Å². The molecule has 0 radical (unpaired) electrons. The summed E-state index contributed by atoms with van der Waals surface area (Å²) in [6.45, 7) is 0. The number of nitrogens with one attached hydrogen (secondary N) is 1. The molecule has 27 heavy (non-hydrogen) atoms. The molecule has 0 spiro atoms. The van der Waals surface area contributed by atoms with Gasteiger partial charge in [0.25, 0.3) is 5.91 Å². The molecule has 0 aromatic heterocycles. The number of rotatable bonds is 3. The van der Waals surface area contributed by atoms with E-state index in [9.17, 15) is 4.79 Å². The van der Waals surface area contributed by atoms with Crippen molar-refractivity contribution in [1.82, 2.24) is 5.43 Å². The zero-order valence-corrected chi connectivity index (χ0v) is 14.5. The molecule has 0 aliphatic carbocycles. The topological polar surface area (TPSA) is 41.5 Å². The highest BCUT2D eigenvalue weighted by Gasteiger charge is 2.10. The highest BCUT2D eigenvalue weighted by molar-refractivity contribution is 6.25. The first-order chi connectivity index (χ1) is 13.3. The maximum atomic E-state index is 12.1. The molecule has 1 N–H and O–H groups in total. The number of nitrogens with zero attached hydrogens (tertiary/aromatic N) is 1. The molecule has 3 nitrogen and oxygen atoms in total. The summed E-state index contributed by atoms with van der Waals surface area (Å²) in [4.78, 5) is 12.1. The van der Waals surface area contributed by atoms with Crippen LogP contribution in [0.4, 0.5) is 0 Å². The molecule has 0 saturated carbocycles. The molecule has 0 atom stereocenters. The van der Waals surface area contributed by atoms with Gasteiger partial charge in [-0.05, 0) is 44.5 Å². The van der Waals surface area contributed by atoms with Gasteiger partial charge in [0.05, 0.1) is 6.21 Å². The lowest BCUT2D eigenvalue weighted by atomic mass is 9.92. The SMILES string of the molecule is O=C(N/N=C/c1ccc2ccc3cccc4ccc1c2c34)c1ccccc1. The van der Waals surface area contributed by atoms with Crippen LogP contribution >= 0.6 is 0 Å². The predicted molar refractivity (Wildman–Crippen MR) is 112 cm³/mol. The number of carbonyl (C=O) groups is 1. The summed E-state index contributed by atoms with van der Waals surface area (Å²) in [5, 5.41) is 11.5. The van der Waals surface area contributed by atoms with Crippen LogP contribution in [0.3, 0.4) is 0 Å². The Morgan fingerprint density at radius 3 is 2.15 bits per heavy atom. The number of benzene rings is 5. The van der Waals surface area contributed by atoms with E-state index in [-0.39, 0.29) is 5.91 Å². The van der Waals surface area contributed by atoms with Crippen LogP contribution in [0.25, 0.3) is 32.3 Å². The molecule has 0 heterocycles. The van der Waals surface area contributed by atoms with Crippen molar-refractivity contribution in [2.75, 3.05) is 0 Å². The van der Waals surface area contributed by atoms with Gasteiger partial charge >= 0.3 is 0 Å². The van der Waals surface area contributed by atoms with Crippen LogP contribution in [0.1, 0.15) is 15.9 Å². The second kappa shape index (κ2) is 6.22. The monoisotopic (exact) mass is 348 g/mol. The van der Waals surface area contributed by atoms with Crippen molar-refractivity contribution in [3.8, 4) is 0 Å². The van der Waals surface area contributed by atoms with Crippen LogP contribution in [-0.4, -0.2) is 12.1 Å². The van der Waals surface area contributed by atoms with Crippen LogP contribution in [0.5, 0.6) is 0 Å². The fourth-order valence-electron chi connectivity index (χ4n) is 3.68. The van der Waals surface area contributed by atoms with Gasteiger partial charge in [-0.25, -0.2) is 5.43 Å². The summed E-state index contributed by atoms with van der Waals surface area (Å²) in [5.41, 5.74) is 4.17. The lowest BCUT2D eigenvalue weighted by Gasteiger charge is -2.12. The molecule has 5 aromatic rings. The third-order valence-electron chi connectivity index (χ3n) is 4.97. The van der Waals surface area contributed by atoms with Gasteiger partial charge in [0, 0.05) is 11.1 Å². The largest absolute Gasteiger partial charge is 0.271 e. The summed E-state index contributed by atoms with van der Waals surface area (Å²) < 4.78 is 0. The minimum atomic E-state index is -0.218. The van der Waals surface area contributed by atoms with E-state index in [2.05, 4.69) is 59.1 Å². The molecule has 0 aliphatic heterocycles. The lowest BCUT2D eigenvalue weighted by Crippen LogP contribution is -2.17. The molecule has 0 fully saturated rings. The minimum absolute atomic E-state index is 0.218. The first kappa shape index (κ1) is 15.5. The average molecular weight is 348 g/mol. The number of hydrogen-bond acceptors (Lipinski definition) is 2. The van der Waals surface area contributed by atoms with E-state index >= 15 is 0 Å². The quantitative estimate of drug-likeness (QED) is 0.267. The van der Waals surface area contributed by atoms with Crippen molar-refractivity contribution in [3.63, 3.8) is 0 Å². The molecule has 5 rings (SSSR count). The molecular weight excluding hydrogens is 332 g/mol. The van der Waals surface area contributed by atoms with Crippen LogP contribution in [0, 0.1) is 0 Å². The molecule has 1 amide bonds. The Morgan fingerprint density at radius 1 is 0.704 bits per heavy atom. The number of hydrazone groups is 1. The standard InChI is InChI=1S/C24H16N2O/c27-24(19-5-2-1-3-6-19)26-25-15-20-12-11-18-10-9-16-7-4-8-17-13-14-21(20)23(18)22(16)17/h1-15H,(H,26,27)/b25-15+. The van der Waals surface area contributed by atoms with E-state index < -0.39 is 0 Å². The molecule has 0 aliphatic rings. The summed E-state index contributed by atoms with van der Waals surface area (Å²) in [5.74, 6) is -0.218. The van der Waals surface area contributed by atoms with Crippen molar-refractivity contribution in [2.24, 2.45) is 5.10 Å². The van der Waals surface area contributed by atoms with Gasteiger partial charge in [0.15, 0.2) is 0 Å². The molecule has 0 bridgehead atoms. The van der Waals surface area contributed by atoms with Gasteiger partial charge in [-0.2, -0.15) is 5.10 Å². The zero-order chi connectivity index (χ0) is 18.2. The highest BCUT2D eigenvalue weighted by Crippen LogP contribution is 2.35. The van der Waals surface area contributed by atoms with Crippen molar-refractivity contribution in [1.29, 1.82) is 0 Å². The van der Waals surface area contributed by atoms with Gasteiger partial charge in [-0.3, -0.25) is 4.79 Å². The van der Waals surface area contributed by atoms with Crippen LogP contribution in [0.15, 0.2) is 90.0 Å². The minimum Gasteiger partial charge on any atom is -0.267 e. The summed E-state index contributed by atoms with van der Waals surface area (Å²) >= 11 is 0. The summed E-state index contributed by atoms with van der Waals surface area (Å²) in [6.07, 6.45) is 1.72. The Balaban J connectivity index is 1.56. The van der Waals surface area contributed by atoms with Crippen molar-refractivity contribution < 1.29 is 4.79 Å². The van der Waals surface area contributed by atoms with E-state index in [0.717, 1.165) is 10.9 Å². The Hall–Kier alpha value is -3.72. The van der Waals surface area contributed by atoms with E-state index in [1.54, 1.807) is 18.3 Å². The Bertz CT molecular complexity index is 1290. The van der Waals surface area contributed by atoms with Gasteiger partial charge in [0.1, 0.15) is 0 Å². The van der Waals surface area contributed by atoms with Crippen molar-refractivity contribution in [2.45, 2.75) is 0 Å². The molecule has 3 heteroatoms. The van der Waals surface area contributed by atoms with Gasteiger partial charge < -0.3 is 0 Å². The maximum absolute atomic E-state index is 12.1. The third kappa shape index (κ3) is 2.61. The third-order valence-corrected chi connectivity index (χ3v) is 4.97.